The molecule has 6 nitrogen and oxygen atoms in total. The number of hydrogen-bond donors (Lipinski definition) is 1. The fourth-order valence-electron chi connectivity index (χ4n) is 2.07. The van der Waals surface area contributed by atoms with Gasteiger partial charge in [0.05, 0.1) is 18.3 Å². The molecule has 108 valence electrons. The Labute approximate surface area is 118 Å². The van der Waals surface area contributed by atoms with Crippen LogP contribution in [-0.4, -0.2) is 21.7 Å². The van der Waals surface area contributed by atoms with E-state index in [2.05, 4.69) is 27.4 Å². The standard InChI is InChI=1S/C14H20N4O2/c1-5-8-19-12-6-7-15-14(17-12)16-9(2)13-10(3)18-20-11(13)4/h6-7,9H,5,8H2,1-4H3,(H,15,16,17). The second kappa shape index (κ2) is 6.36. The van der Waals surface area contributed by atoms with Gasteiger partial charge >= 0.3 is 0 Å². The molecule has 0 aromatic carbocycles. The normalized spacial score (nSPS) is 12.2. The molecular formula is C14H20N4O2. The van der Waals surface area contributed by atoms with E-state index < -0.39 is 0 Å². The molecule has 0 amide bonds. The van der Waals surface area contributed by atoms with Crippen molar-refractivity contribution in [1.82, 2.24) is 15.1 Å². The van der Waals surface area contributed by atoms with Gasteiger partial charge in [-0.15, -0.1) is 0 Å². The Morgan fingerprint density at radius 1 is 1.40 bits per heavy atom. The lowest BCUT2D eigenvalue weighted by molar-refractivity contribution is 0.305. The summed E-state index contributed by atoms with van der Waals surface area (Å²) in [4.78, 5) is 8.53. The van der Waals surface area contributed by atoms with E-state index in [9.17, 15) is 0 Å². The molecule has 1 atom stereocenters. The zero-order valence-corrected chi connectivity index (χ0v) is 12.3. The molecule has 0 aliphatic rings. The summed E-state index contributed by atoms with van der Waals surface area (Å²) < 4.78 is 10.7. The number of aromatic nitrogens is 3. The molecule has 2 aromatic rings. The van der Waals surface area contributed by atoms with Crippen molar-refractivity contribution >= 4 is 5.95 Å². The highest BCUT2D eigenvalue weighted by atomic mass is 16.5. The third-order valence-electron chi connectivity index (χ3n) is 2.95. The van der Waals surface area contributed by atoms with Crippen LogP contribution < -0.4 is 10.1 Å². The molecule has 0 aliphatic heterocycles. The number of rotatable bonds is 6. The maximum absolute atomic E-state index is 5.49. The molecule has 0 radical (unpaired) electrons. The zero-order chi connectivity index (χ0) is 14.5. The van der Waals surface area contributed by atoms with Gasteiger partial charge in [0.2, 0.25) is 11.8 Å². The Kier molecular flexibility index (Phi) is 4.55. The Hall–Kier alpha value is -2.11. The smallest absolute Gasteiger partial charge is 0.226 e. The van der Waals surface area contributed by atoms with Gasteiger partial charge in [0, 0.05) is 17.8 Å². The van der Waals surface area contributed by atoms with E-state index >= 15 is 0 Å². The molecule has 1 unspecified atom stereocenters. The van der Waals surface area contributed by atoms with E-state index in [1.54, 1.807) is 12.3 Å². The van der Waals surface area contributed by atoms with Crippen LogP contribution >= 0.6 is 0 Å². The fourth-order valence-corrected chi connectivity index (χ4v) is 2.07. The highest BCUT2D eigenvalue weighted by Crippen LogP contribution is 2.24. The van der Waals surface area contributed by atoms with Crippen LogP contribution in [-0.2, 0) is 0 Å². The van der Waals surface area contributed by atoms with Crippen LogP contribution in [0.5, 0.6) is 5.88 Å². The Bertz CT molecular complexity index is 549. The van der Waals surface area contributed by atoms with Crippen LogP contribution in [0.15, 0.2) is 16.8 Å². The van der Waals surface area contributed by atoms with Crippen molar-refractivity contribution in [2.45, 2.75) is 40.2 Å². The summed E-state index contributed by atoms with van der Waals surface area (Å²) in [5, 5.41) is 7.20. The van der Waals surface area contributed by atoms with Crippen LogP contribution in [0.1, 0.15) is 43.3 Å². The van der Waals surface area contributed by atoms with E-state index in [1.807, 2.05) is 20.8 Å². The molecule has 20 heavy (non-hydrogen) atoms. The average Bonchev–Trinajstić information content (AvgIpc) is 2.76. The van der Waals surface area contributed by atoms with Gasteiger partial charge in [0.1, 0.15) is 5.76 Å². The second-order valence-corrected chi connectivity index (χ2v) is 4.67. The lowest BCUT2D eigenvalue weighted by atomic mass is 10.1. The molecule has 0 aliphatic carbocycles. The highest BCUT2D eigenvalue weighted by Gasteiger charge is 2.17. The second-order valence-electron chi connectivity index (χ2n) is 4.67. The van der Waals surface area contributed by atoms with Gasteiger partial charge in [-0.05, 0) is 27.2 Å². The minimum absolute atomic E-state index is 0.0164. The summed E-state index contributed by atoms with van der Waals surface area (Å²) in [7, 11) is 0. The number of aryl methyl sites for hydroxylation is 2. The van der Waals surface area contributed by atoms with Crippen molar-refractivity contribution in [2.75, 3.05) is 11.9 Å². The van der Waals surface area contributed by atoms with E-state index in [-0.39, 0.29) is 6.04 Å². The summed E-state index contributed by atoms with van der Waals surface area (Å²) in [5.74, 6) is 1.92. The van der Waals surface area contributed by atoms with E-state index in [0.717, 1.165) is 23.4 Å². The van der Waals surface area contributed by atoms with Crippen molar-refractivity contribution in [3.8, 4) is 5.88 Å². The Balaban J connectivity index is 2.09. The highest BCUT2D eigenvalue weighted by molar-refractivity contribution is 5.35. The Morgan fingerprint density at radius 3 is 2.85 bits per heavy atom. The summed E-state index contributed by atoms with van der Waals surface area (Å²) in [6.45, 7) is 8.55. The molecular weight excluding hydrogens is 256 g/mol. The summed E-state index contributed by atoms with van der Waals surface area (Å²) >= 11 is 0. The van der Waals surface area contributed by atoms with Crippen molar-refractivity contribution in [3.05, 3.63) is 29.3 Å². The van der Waals surface area contributed by atoms with E-state index in [4.69, 9.17) is 9.26 Å². The van der Waals surface area contributed by atoms with Gasteiger partial charge in [0.25, 0.3) is 0 Å². The molecule has 2 heterocycles. The third-order valence-corrected chi connectivity index (χ3v) is 2.95. The van der Waals surface area contributed by atoms with Gasteiger partial charge < -0.3 is 14.6 Å². The van der Waals surface area contributed by atoms with Crippen LogP contribution in [0.25, 0.3) is 0 Å². The number of anilines is 1. The van der Waals surface area contributed by atoms with Crippen molar-refractivity contribution in [2.24, 2.45) is 0 Å². The number of ether oxygens (including phenoxy) is 1. The lowest BCUT2D eigenvalue weighted by Gasteiger charge is -2.14. The third kappa shape index (κ3) is 3.26. The van der Waals surface area contributed by atoms with Gasteiger partial charge in [-0.25, -0.2) is 4.98 Å². The first-order chi connectivity index (χ1) is 9.61. The van der Waals surface area contributed by atoms with Gasteiger partial charge in [-0.3, -0.25) is 0 Å². The fraction of sp³-hybridized carbons (Fsp3) is 0.500. The number of nitrogens with one attached hydrogen (secondary N) is 1. The maximum Gasteiger partial charge on any atom is 0.226 e. The number of nitrogens with zero attached hydrogens (tertiary/aromatic N) is 3. The van der Waals surface area contributed by atoms with Gasteiger partial charge in [-0.2, -0.15) is 4.98 Å². The van der Waals surface area contributed by atoms with E-state index in [0.29, 0.717) is 18.4 Å². The van der Waals surface area contributed by atoms with Crippen LogP contribution in [0.4, 0.5) is 5.95 Å². The molecule has 2 rings (SSSR count). The summed E-state index contributed by atoms with van der Waals surface area (Å²) in [6, 6.07) is 1.77. The predicted molar refractivity (Wildman–Crippen MR) is 75.8 cm³/mol. The monoisotopic (exact) mass is 276 g/mol. The number of hydrogen-bond acceptors (Lipinski definition) is 6. The van der Waals surface area contributed by atoms with Crippen LogP contribution in [0.3, 0.4) is 0 Å². The molecule has 0 fully saturated rings. The minimum Gasteiger partial charge on any atom is -0.478 e. The average molecular weight is 276 g/mol. The predicted octanol–water partition coefficient (Wildman–Crippen LogP) is 3.04. The zero-order valence-electron chi connectivity index (χ0n) is 12.3. The quantitative estimate of drug-likeness (QED) is 0.874. The SMILES string of the molecule is CCCOc1ccnc(NC(C)c2c(C)noc2C)n1. The molecule has 0 bridgehead atoms. The van der Waals surface area contributed by atoms with Crippen molar-refractivity contribution in [3.63, 3.8) is 0 Å². The van der Waals surface area contributed by atoms with Crippen LogP contribution in [0.2, 0.25) is 0 Å². The van der Waals surface area contributed by atoms with E-state index in [1.165, 1.54) is 0 Å². The summed E-state index contributed by atoms with van der Waals surface area (Å²) in [6.07, 6.45) is 2.63. The maximum atomic E-state index is 5.49. The molecule has 2 aromatic heterocycles. The first-order valence-electron chi connectivity index (χ1n) is 6.77. The lowest BCUT2D eigenvalue weighted by Crippen LogP contribution is -2.11. The first-order valence-corrected chi connectivity index (χ1v) is 6.77. The summed E-state index contributed by atoms with van der Waals surface area (Å²) in [5.41, 5.74) is 1.91. The molecule has 1 N–H and O–H groups in total. The topological polar surface area (TPSA) is 73.1 Å². The van der Waals surface area contributed by atoms with Crippen molar-refractivity contribution < 1.29 is 9.26 Å². The van der Waals surface area contributed by atoms with Gasteiger partial charge in [-0.1, -0.05) is 12.1 Å². The molecule has 0 saturated carbocycles. The van der Waals surface area contributed by atoms with Crippen LogP contribution in [0, 0.1) is 13.8 Å². The van der Waals surface area contributed by atoms with Crippen molar-refractivity contribution in [1.29, 1.82) is 0 Å². The van der Waals surface area contributed by atoms with Gasteiger partial charge in [0.15, 0.2) is 0 Å². The minimum atomic E-state index is 0.0164. The molecule has 0 spiro atoms. The first kappa shape index (κ1) is 14.3. The largest absolute Gasteiger partial charge is 0.478 e. The molecule has 0 saturated heterocycles. The Morgan fingerprint density at radius 2 is 2.20 bits per heavy atom. The molecule has 6 heteroatoms.